The van der Waals surface area contributed by atoms with Gasteiger partial charge in [-0.2, -0.15) is 0 Å². The van der Waals surface area contributed by atoms with Gasteiger partial charge in [0.1, 0.15) is 0 Å². The van der Waals surface area contributed by atoms with Gasteiger partial charge in [-0.1, -0.05) is 65.8 Å². The minimum Gasteiger partial charge on any atom is -0.478 e. The molecule has 0 radical (unpaired) electrons. The molecule has 128 valence electrons. The van der Waals surface area contributed by atoms with E-state index in [4.69, 9.17) is 9.94 Å². The zero-order chi connectivity index (χ0) is 17.9. The summed E-state index contributed by atoms with van der Waals surface area (Å²) in [5.41, 5.74) is 2.95. The van der Waals surface area contributed by atoms with Gasteiger partial charge in [0.05, 0.1) is 5.56 Å². The third-order valence-electron chi connectivity index (χ3n) is 4.21. The molecular weight excluding hydrogens is 328 g/mol. The quantitative estimate of drug-likeness (QED) is 0.767. The number of nitrogens with zero attached hydrogens (tertiary/aromatic N) is 2. The first-order chi connectivity index (χ1) is 12.7. The molecule has 0 fully saturated rings. The molecule has 1 atom stereocenters. The minimum absolute atomic E-state index is 0.235. The van der Waals surface area contributed by atoms with E-state index in [1.807, 2.05) is 65.6 Å². The van der Waals surface area contributed by atoms with Gasteiger partial charge in [-0.05, 0) is 24.3 Å². The van der Waals surface area contributed by atoms with E-state index < -0.39 is 5.97 Å². The second-order valence-electron chi connectivity index (χ2n) is 5.87. The van der Waals surface area contributed by atoms with Crippen molar-refractivity contribution < 1.29 is 14.7 Å². The predicted molar refractivity (Wildman–Crippen MR) is 99.1 cm³/mol. The molecule has 0 aromatic heterocycles. The normalized spacial score (nSPS) is 16.1. The van der Waals surface area contributed by atoms with Crippen molar-refractivity contribution in [2.24, 2.45) is 5.16 Å². The van der Waals surface area contributed by atoms with Crippen LogP contribution in [0, 0.1) is 0 Å². The van der Waals surface area contributed by atoms with Crippen LogP contribution in [0.25, 0.3) is 0 Å². The summed E-state index contributed by atoms with van der Waals surface area (Å²) in [6, 6.07) is 26.3. The summed E-state index contributed by atoms with van der Waals surface area (Å²) < 4.78 is 0. The van der Waals surface area contributed by atoms with E-state index in [1.165, 1.54) is 0 Å². The maximum atomic E-state index is 11.1. The Labute approximate surface area is 150 Å². The fourth-order valence-corrected chi connectivity index (χ4v) is 2.93. The van der Waals surface area contributed by atoms with Crippen molar-refractivity contribution in [1.29, 1.82) is 0 Å². The number of carboxylic acids is 1. The van der Waals surface area contributed by atoms with Crippen LogP contribution >= 0.6 is 0 Å². The lowest BCUT2D eigenvalue weighted by Crippen LogP contribution is -2.31. The van der Waals surface area contributed by atoms with Crippen molar-refractivity contribution >= 4 is 17.5 Å². The van der Waals surface area contributed by atoms with Gasteiger partial charge in [0, 0.05) is 16.8 Å². The second kappa shape index (κ2) is 6.72. The molecule has 0 saturated heterocycles. The molecule has 0 aliphatic carbocycles. The molecule has 0 saturated carbocycles. The lowest BCUT2D eigenvalue weighted by molar-refractivity contribution is 0.0697. The summed E-state index contributed by atoms with van der Waals surface area (Å²) in [5.74, 6) is -0.315. The highest BCUT2D eigenvalue weighted by atomic mass is 16.7. The molecule has 1 unspecified atom stereocenters. The van der Waals surface area contributed by atoms with Crippen LogP contribution in [0.15, 0.2) is 90.1 Å². The Hall–Kier alpha value is -3.60. The molecule has 5 nitrogen and oxygen atoms in total. The Balaban J connectivity index is 1.75. The number of aromatic carboxylic acids is 1. The molecule has 0 spiro atoms. The maximum absolute atomic E-state index is 11.1. The van der Waals surface area contributed by atoms with Gasteiger partial charge in [-0.15, -0.1) is 0 Å². The molecule has 26 heavy (non-hydrogen) atoms. The number of para-hydroxylation sites is 1. The number of oxime groups is 1. The molecule has 3 aromatic carbocycles. The second-order valence-corrected chi connectivity index (χ2v) is 5.87. The van der Waals surface area contributed by atoms with Crippen molar-refractivity contribution in [3.05, 3.63) is 102 Å². The standard InChI is InChI=1S/C21H16N2O3/c24-21(25)17-13-11-15(12-14-17)19-22-26-20(16-7-3-1-4-8-16)23(19)18-9-5-2-6-10-18/h1-14,20H,(H,24,25). The van der Waals surface area contributed by atoms with Gasteiger partial charge in [0.15, 0.2) is 5.84 Å². The number of hydrogen-bond donors (Lipinski definition) is 1. The van der Waals surface area contributed by atoms with Crippen LogP contribution in [0.4, 0.5) is 5.69 Å². The number of amidine groups is 1. The number of rotatable bonds is 4. The van der Waals surface area contributed by atoms with Crippen molar-refractivity contribution in [1.82, 2.24) is 0 Å². The Kier molecular flexibility index (Phi) is 4.11. The molecule has 1 heterocycles. The largest absolute Gasteiger partial charge is 0.478 e. The summed E-state index contributed by atoms with van der Waals surface area (Å²) >= 11 is 0. The lowest BCUT2D eigenvalue weighted by Gasteiger charge is -2.25. The summed E-state index contributed by atoms with van der Waals surface area (Å²) in [7, 11) is 0. The Bertz CT molecular complexity index is 938. The lowest BCUT2D eigenvalue weighted by atomic mass is 10.1. The monoisotopic (exact) mass is 344 g/mol. The van der Waals surface area contributed by atoms with E-state index in [1.54, 1.807) is 24.3 Å². The van der Waals surface area contributed by atoms with E-state index in [9.17, 15) is 4.79 Å². The van der Waals surface area contributed by atoms with Crippen LogP contribution in [-0.4, -0.2) is 16.9 Å². The minimum atomic E-state index is -0.955. The zero-order valence-corrected chi connectivity index (χ0v) is 13.8. The fraction of sp³-hybridized carbons (Fsp3) is 0.0476. The van der Waals surface area contributed by atoms with Crippen LogP contribution in [-0.2, 0) is 4.84 Å². The number of hydrogen-bond acceptors (Lipinski definition) is 4. The van der Waals surface area contributed by atoms with Crippen LogP contribution in [0.1, 0.15) is 27.7 Å². The highest BCUT2D eigenvalue weighted by molar-refractivity contribution is 6.11. The average molecular weight is 344 g/mol. The summed E-state index contributed by atoms with van der Waals surface area (Å²) in [4.78, 5) is 18.8. The first-order valence-corrected chi connectivity index (χ1v) is 8.21. The zero-order valence-electron chi connectivity index (χ0n) is 13.8. The number of anilines is 1. The van der Waals surface area contributed by atoms with Crippen LogP contribution in [0.2, 0.25) is 0 Å². The average Bonchev–Trinajstić information content (AvgIpc) is 3.14. The molecule has 0 bridgehead atoms. The Morgan fingerprint density at radius 3 is 2.12 bits per heavy atom. The fourth-order valence-electron chi connectivity index (χ4n) is 2.93. The highest BCUT2D eigenvalue weighted by Gasteiger charge is 2.33. The van der Waals surface area contributed by atoms with Gasteiger partial charge >= 0.3 is 5.97 Å². The van der Waals surface area contributed by atoms with Crippen LogP contribution in [0.3, 0.4) is 0 Å². The Morgan fingerprint density at radius 2 is 1.50 bits per heavy atom. The molecule has 4 rings (SSSR count). The van der Waals surface area contributed by atoms with Crippen LogP contribution < -0.4 is 4.90 Å². The Morgan fingerprint density at radius 1 is 0.885 bits per heavy atom. The number of carbonyl (C=O) groups is 1. The van der Waals surface area contributed by atoms with Gasteiger partial charge in [0.2, 0.25) is 6.23 Å². The van der Waals surface area contributed by atoms with Crippen molar-refractivity contribution in [2.75, 3.05) is 4.90 Å². The van der Waals surface area contributed by atoms with Crippen molar-refractivity contribution in [2.45, 2.75) is 6.23 Å². The van der Waals surface area contributed by atoms with E-state index >= 15 is 0 Å². The third kappa shape index (κ3) is 2.91. The molecule has 5 heteroatoms. The molecule has 0 amide bonds. The highest BCUT2D eigenvalue weighted by Crippen LogP contribution is 2.34. The topological polar surface area (TPSA) is 62.1 Å². The molecular formula is C21H16N2O3. The van der Waals surface area contributed by atoms with Crippen molar-refractivity contribution in [3.63, 3.8) is 0 Å². The van der Waals surface area contributed by atoms with E-state index in [-0.39, 0.29) is 11.8 Å². The molecule has 3 aromatic rings. The molecule has 1 N–H and O–H groups in total. The van der Waals surface area contributed by atoms with Crippen molar-refractivity contribution in [3.8, 4) is 0 Å². The van der Waals surface area contributed by atoms with E-state index in [2.05, 4.69) is 5.16 Å². The van der Waals surface area contributed by atoms with Crippen LogP contribution in [0.5, 0.6) is 0 Å². The molecule has 1 aliphatic rings. The summed E-state index contributed by atoms with van der Waals surface area (Å²) in [5, 5.41) is 13.4. The smallest absolute Gasteiger partial charge is 0.335 e. The maximum Gasteiger partial charge on any atom is 0.335 e. The summed E-state index contributed by atoms with van der Waals surface area (Å²) in [6.07, 6.45) is -0.382. The predicted octanol–water partition coefficient (Wildman–Crippen LogP) is 4.28. The van der Waals surface area contributed by atoms with E-state index in [0.717, 1.165) is 16.8 Å². The SMILES string of the molecule is O=C(O)c1ccc(C2=NOC(c3ccccc3)N2c2ccccc2)cc1. The number of carboxylic acid groups (broad SMARTS) is 1. The third-order valence-corrected chi connectivity index (χ3v) is 4.21. The number of benzene rings is 3. The van der Waals surface area contributed by atoms with Gasteiger partial charge in [-0.25, -0.2) is 4.79 Å². The van der Waals surface area contributed by atoms with Gasteiger partial charge in [0.25, 0.3) is 0 Å². The van der Waals surface area contributed by atoms with Gasteiger partial charge < -0.3 is 9.94 Å². The first kappa shape index (κ1) is 15.9. The molecule has 1 aliphatic heterocycles. The first-order valence-electron chi connectivity index (χ1n) is 8.21. The summed E-state index contributed by atoms with van der Waals surface area (Å²) in [6.45, 7) is 0. The van der Waals surface area contributed by atoms with E-state index in [0.29, 0.717) is 5.84 Å². The van der Waals surface area contributed by atoms with Gasteiger partial charge in [-0.3, -0.25) is 4.90 Å².